The zero-order chi connectivity index (χ0) is 20.6. The van der Waals surface area contributed by atoms with Gasteiger partial charge in [0.1, 0.15) is 6.04 Å². The van der Waals surface area contributed by atoms with Gasteiger partial charge in [-0.05, 0) is 44.4 Å². The maximum Gasteiger partial charge on any atom is 0.246 e. The number of nitrogens with zero attached hydrogens (tertiary/aromatic N) is 2. The van der Waals surface area contributed by atoms with Gasteiger partial charge in [0.05, 0.1) is 17.1 Å². The number of unbranched alkanes of at least 4 members (excludes halogenated alkanes) is 1. The van der Waals surface area contributed by atoms with E-state index in [-0.39, 0.29) is 18.2 Å². The molecule has 156 valence electrons. The van der Waals surface area contributed by atoms with Gasteiger partial charge >= 0.3 is 0 Å². The van der Waals surface area contributed by atoms with E-state index in [1.807, 2.05) is 30.5 Å². The van der Waals surface area contributed by atoms with Crippen LogP contribution in [0.3, 0.4) is 0 Å². The molecule has 0 saturated carbocycles. The summed E-state index contributed by atoms with van der Waals surface area (Å²) in [5.74, 6) is -0.336. The van der Waals surface area contributed by atoms with Crippen LogP contribution in [-0.2, 0) is 16.0 Å². The summed E-state index contributed by atoms with van der Waals surface area (Å²) >= 11 is 1.52. The number of aromatic nitrogens is 1. The minimum absolute atomic E-state index is 0.167. The lowest BCUT2D eigenvalue weighted by Gasteiger charge is -2.20. The number of aryl methyl sites for hydroxylation is 1. The molecule has 1 aliphatic heterocycles. The number of hydrogen-bond acceptors (Lipinski definition) is 5. The Morgan fingerprint density at radius 2 is 2.07 bits per heavy atom. The van der Waals surface area contributed by atoms with E-state index < -0.39 is 6.04 Å². The molecule has 2 aromatic rings. The average Bonchev–Trinajstić information content (AvgIpc) is 3.37. The molecule has 0 spiro atoms. The summed E-state index contributed by atoms with van der Waals surface area (Å²) in [6.07, 6.45) is 5.08. The molecule has 1 unspecified atom stereocenters. The van der Waals surface area contributed by atoms with Crippen LogP contribution in [0.1, 0.15) is 49.7 Å². The van der Waals surface area contributed by atoms with Crippen molar-refractivity contribution in [1.82, 2.24) is 10.3 Å². The monoisotopic (exact) mass is 414 g/mol. The summed E-state index contributed by atoms with van der Waals surface area (Å²) in [6, 6.07) is 7.41. The fraction of sp³-hybridized carbons (Fsp3) is 0.500. The molecular weight excluding hydrogens is 384 g/mol. The second kappa shape index (κ2) is 10.4. The molecule has 7 heteroatoms. The third-order valence-corrected chi connectivity index (χ3v) is 5.91. The number of benzene rings is 1. The highest BCUT2D eigenvalue weighted by atomic mass is 32.1. The van der Waals surface area contributed by atoms with Crippen molar-refractivity contribution >= 4 is 34.5 Å². The minimum Gasteiger partial charge on any atom is -0.371 e. The largest absolute Gasteiger partial charge is 0.371 e. The minimum atomic E-state index is -0.544. The molecule has 0 bridgehead atoms. The number of nitrogens with one attached hydrogen (secondary N) is 2. The van der Waals surface area contributed by atoms with Crippen LogP contribution < -0.4 is 15.5 Å². The molecular formula is C22H30N4O2S. The van der Waals surface area contributed by atoms with Crippen molar-refractivity contribution < 1.29 is 9.59 Å². The van der Waals surface area contributed by atoms with Crippen molar-refractivity contribution in [3.05, 3.63) is 40.3 Å². The first-order valence-electron chi connectivity index (χ1n) is 10.4. The Labute approximate surface area is 176 Å². The molecule has 1 aromatic carbocycles. The van der Waals surface area contributed by atoms with E-state index in [4.69, 9.17) is 0 Å². The van der Waals surface area contributed by atoms with Crippen LogP contribution in [0.2, 0.25) is 0 Å². The Morgan fingerprint density at radius 1 is 1.28 bits per heavy atom. The van der Waals surface area contributed by atoms with E-state index in [1.165, 1.54) is 24.2 Å². The Kier molecular flexibility index (Phi) is 7.63. The van der Waals surface area contributed by atoms with Gasteiger partial charge in [-0.1, -0.05) is 25.8 Å². The smallest absolute Gasteiger partial charge is 0.246 e. The molecule has 6 nitrogen and oxygen atoms in total. The van der Waals surface area contributed by atoms with Crippen molar-refractivity contribution in [2.45, 2.75) is 58.4 Å². The lowest BCUT2D eigenvalue weighted by Crippen LogP contribution is -2.44. The van der Waals surface area contributed by atoms with Gasteiger partial charge in [-0.15, -0.1) is 11.3 Å². The van der Waals surface area contributed by atoms with Gasteiger partial charge in [-0.3, -0.25) is 9.59 Å². The van der Waals surface area contributed by atoms with Crippen molar-refractivity contribution in [1.29, 1.82) is 0 Å². The first kappa shape index (κ1) is 21.3. The van der Waals surface area contributed by atoms with Gasteiger partial charge in [-0.25, -0.2) is 4.98 Å². The maximum absolute atomic E-state index is 12.9. The van der Waals surface area contributed by atoms with E-state index >= 15 is 0 Å². The van der Waals surface area contributed by atoms with Gasteiger partial charge < -0.3 is 15.5 Å². The molecule has 1 saturated heterocycles. The highest BCUT2D eigenvalue weighted by Crippen LogP contribution is 2.23. The van der Waals surface area contributed by atoms with Gasteiger partial charge in [0.25, 0.3) is 0 Å². The number of carbonyl (C=O) groups is 2. The summed E-state index contributed by atoms with van der Waals surface area (Å²) in [7, 11) is 0. The van der Waals surface area contributed by atoms with E-state index in [1.54, 1.807) is 0 Å². The van der Waals surface area contributed by atoms with Gasteiger partial charge in [0.2, 0.25) is 11.8 Å². The summed E-state index contributed by atoms with van der Waals surface area (Å²) in [4.78, 5) is 32.0. The molecule has 0 radical (unpaired) electrons. The van der Waals surface area contributed by atoms with Gasteiger partial charge in [0, 0.05) is 29.8 Å². The quantitative estimate of drug-likeness (QED) is 0.652. The van der Waals surface area contributed by atoms with E-state index in [9.17, 15) is 9.59 Å². The van der Waals surface area contributed by atoms with Crippen LogP contribution >= 0.6 is 11.3 Å². The molecule has 1 atom stereocenters. The average molecular weight is 415 g/mol. The van der Waals surface area contributed by atoms with E-state index in [2.05, 4.69) is 33.5 Å². The second-order valence-corrected chi connectivity index (χ2v) is 8.59. The Balaban J connectivity index is 1.62. The zero-order valence-corrected chi connectivity index (χ0v) is 18.1. The molecule has 1 aromatic heterocycles. The van der Waals surface area contributed by atoms with Crippen LogP contribution in [0.15, 0.2) is 29.6 Å². The van der Waals surface area contributed by atoms with E-state index in [0.29, 0.717) is 6.42 Å². The van der Waals surface area contributed by atoms with Crippen LogP contribution in [0.25, 0.3) is 0 Å². The Hall–Kier alpha value is -2.41. The molecule has 2 amide bonds. The number of thiazole rings is 1. The highest BCUT2D eigenvalue weighted by Gasteiger charge is 2.21. The molecule has 1 aliphatic rings. The Bertz CT molecular complexity index is 830. The normalized spacial score (nSPS) is 14.6. The molecule has 29 heavy (non-hydrogen) atoms. The van der Waals surface area contributed by atoms with Gasteiger partial charge in [0.15, 0.2) is 0 Å². The zero-order valence-electron chi connectivity index (χ0n) is 17.2. The summed E-state index contributed by atoms with van der Waals surface area (Å²) in [5, 5.41) is 8.72. The number of anilines is 2. The molecule has 1 fully saturated rings. The molecule has 3 rings (SSSR count). The molecule has 2 N–H and O–H groups in total. The first-order chi connectivity index (χ1) is 14.0. The highest BCUT2D eigenvalue weighted by molar-refractivity contribution is 7.09. The number of carbonyl (C=O) groups excluding carboxylic acids is 2. The van der Waals surface area contributed by atoms with Crippen molar-refractivity contribution in [2.75, 3.05) is 23.3 Å². The number of hydrogen-bond donors (Lipinski definition) is 2. The third-order valence-electron chi connectivity index (χ3n) is 5.09. The SMILES string of the molecule is CCCCC(NC(=O)Cc1csc(C)n1)C(=O)Nc1cccc(N2CCCC2)c1. The van der Waals surface area contributed by atoms with Crippen molar-refractivity contribution in [2.24, 2.45) is 0 Å². The van der Waals surface area contributed by atoms with Crippen LogP contribution in [0.4, 0.5) is 11.4 Å². The standard InChI is InChI=1S/C22H30N4O2S/c1-3-4-10-20(25-21(27)14-18-15-29-16(2)23-18)22(28)24-17-8-7-9-19(13-17)26-11-5-6-12-26/h7-9,13,15,20H,3-6,10-12,14H2,1-2H3,(H,24,28)(H,25,27). The summed E-state index contributed by atoms with van der Waals surface area (Å²) in [5.41, 5.74) is 2.65. The molecule has 0 aliphatic carbocycles. The number of amides is 2. The second-order valence-electron chi connectivity index (χ2n) is 7.53. The maximum atomic E-state index is 12.9. The predicted octanol–water partition coefficient (Wildman–Crippen LogP) is 3.91. The van der Waals surface area contributed by atoms with Crippen molar-refractivity contribution in [3.63, 3.8) is 0 Å². The van der Waals surface area contributed by atoms with Crippen LogP contribution in [0, 0.1) is 6.92 Å². The number of rotatable bonds is 9. The summed E-state index contributed by atoms with van der Waals surface area (Å²) < 4.78 is 0. The predicted molar refractivity (Wildman–Crippen MR) is 119 cm³/mol. The lowest BCUT2D eigenvalue weighted by atomic mass is 10.1. The molecule has 2 heterocycles. The van der Waals surface area contributed by atoms with E-state index in [0.717, 1.165) is 48.0 Å². The first-order valence-corrected chi connectivity index (χ1v) is 11.3. The topological polar surface area (TPSA) is 74.3 Å². The van der Waals surface area contributed by atoms with Gasteiger partial charge in [-0.2, -0.15) is 0 Å². The Morgan fingerprint density at radius 3 is 2.76 bits per heavy atom. The summed E-state index contributed by atoms with van der Waals surface area (Å²) in [6.45, 7) is 6.11. The third kappa shape index (κ3) is 6.29. The van der Waals surface area contributed by atoms with Crippen molar-refractivity contribution in [3.8, 4) is 0 Å². The fourth-order valence-corrected chi connectivity index (χ4v) is 4.17. The van der Waals surface area contributed by atoms with Crippen LogP contribution in [-0.4, -0.2) is 35.9 Å². The van der Waals surface area contributed by atoms with Crippen LogP contribution in [0.5, 0.6) is 0 Å². The lowest BCUT2D eigenvalue weighted by molar-refractivity contribution is -0.126. The fourth-order valence-electron chi connectivity index (χ4n) is 3.56.